The highest BCUT2D eigenvalue weighted by atomic mass is 32.1. The lowest BCUT2D eigenvalue weighted by molar-refractivity contribution is 1.18. The molecular weight excluding hydrogens is 518 g/mol. The van der Waals surface area contributed by atoms with Crippen LogP contribution in [0.2, 0.25) is 0 Å². The van der Waals surface area contributed by atoms with Crippen LogP contribution in [0.5, 0.6) is 0 Å². The first-order valence-corrected chi connectivity index (χ1v) is 14.4. The van der Waals surface area contributed by atoms with Gasteiger partial charge in [0, 0.05) is 47.8 Å². The topological polar surface area (TPSA) is 38.7 Å². The third-order valence-electron chi connectivity index (χ3n) is 7.48. The fourth-order valence-corrected chi connectivity index (χ4v) is 6.73. The molecule has 0 aliphatic rings. The van der Waals surface area contributed by atoms with Gasteiger partial charge in [-0.05, 0) is 18.2 Å². The molecule has 3 nitrogen and oxygen atoms in total. The predicted octanol–water partition coefficient (Wildman–Crippen LogP) is 10.1. The van der Waals surface area contributed by atoms with Gasteiger partial charge in [0.1, 0.15) is 0 Å². The summed E-state index contributed by atoms with van der Waals surface area (Å²) < 4.78 is 2.52. The first-order valence-electron chi connectivity index (χ1n) is 13.6. The molecular formula is C37H23N3S. The molecule has 0 atom stereocenters. The van der Waals surface area contributed by atoms with Crippen molar-refractivity contribution in [3.63, 3.8) is 0 Å². The van der Waals surface area contributed by atoms with Crippen LogP contribution in [0.3, 0.4) is 0 Å². The first kappa shape index (κ1) is 23.7. The van der Waals surface area contributed by atoms with Gasteiger partial charge in [0.15, 0.2) is 5.82 Å². The molecule has 8 rings (SSSR count). The summed E-state index contributed by atoms with van der Waals surface area (Å²) in [6.07, 6.45) is 0. The molecule has 8 aromatic rings. The fraction of sp³-hybridized carbons (Fsp3) is 0. The molecule has 0 N–H and O–H groups in total. The van der Waals surface area contributed by atoms with E-state index in [1.165, 1.54) is 20.2 Å². The Bertz CT molecular complexity index is 2130. The number of pyridine rings is 1. The number of fused-ring (bicyclic) bond motifs is 5. The third-order valence-corrected chi connectivity index (χ3v) is 8.68. The summed E-state index contributed by atoms with van der Waals surface area (Å²) in [7, 11) is 0. The minimum atomic E-state index is 0.687. The van der Waals surface area contributed by atoms with Crippen molar-refractivity contribution in [2.75, 3.05) is 0 Å². The molecule has 0 radical (unpaired) electrons. The fourth-order valence-electron chi connectivity index (χ4n) is 5.50. The lowest BCUT2D eigenvalue weighted by atomic mass is 10.0. The summed E-state index contributed by atoms with van der Waals surface area (Å²) in [5.74, 6) is 0.687. The van der Waals surface area contributed by atoms with Crippen molar-refractivity contribution in [3.05, 3.63) is 140 Å². The zero-order valence-corrected chi connectivity index (χ0v) is 22.8. The molecule has 0 spiro atoms. The molecule has 0 aliphatic carbocycles. The van der Waals surface area contributed by atoms with E-state index in [1.54, 1.807) is 0 Å². The molecule has 4 heteroatoms. The van der Waals surface area contributed by atoms with Crippen LogP contribution in [0.1, 0.15) is 0 Å². The summed E-state index contributed by atoms with van der Waals surface area (Å²) in [5.41, 5.74) is 7.92. The molecule has 0 bridgehead atoms. The van der Waals surface area contributed by atoms with E-state index in [4.69, 9.17) is 15.0 Å². The monoisotopic (exact) mass is 541 g/mol. The maximum atomic E-state index is 5.29. The molecule has 0 aliphatic heterocycles. The van der Waals surface area contributed by atoms with Gasteiger partial charge in [-0.1, -0.05) is 121 Å². The largest absolute Gasteiger partial charge is 0.247 e. The van der Waals surface area contributed by atoms with Gasteiger partial charge >= 0.3 is 0 Å². The lowest BCUT2D eigenvalue weighted by Crippen LogP contribution is -1.96. The average molecular weight is 542 g/mol. The smallest absolute Gasteiger partial charge is 0.160 e. The number of nitrogens with zero attached hydrogens (tertiary/aromatic N) is 3. The predicted molar refractivity (Wildman–Crippen MR) is 172 cm³/mol. The van der Waals surface area contributed by atoms with Gasteiger partial charge in [-0.25, -0.2) is 15.0 Å². The van der Waals surface area contributed by atoms with E-state index in [-0.39, 0.29) is 0 Å². The van der Waals surface area contributed by atoms with Crippen LogP contribution in [0, 0.1) is 0 Å². The van der Waals surface area contributed by atoms with E-state index in [1.807, 2.05) is 53.8 Å². The van der Waals surface area contributed by atoms with Crippen molar-refractivity contribution in [3.8, 4) is 45.2 Å². The van der Waals surface area contributed by atoms with Gasteiger partial charge in [-0.15, -0.1) is 11.3 Å². The Morgan fingerprint density at radius 2 is 1.02 bits per heavy atom. The van der Waals surface area contributed by atoms with Crippen LogP contribution >= 0.6 is 11.3 Å². The SMILES string of the molecule is c1ccc(-c2cc(-c3ccccc3)nc(-c3ccc4c(c3)nc(-c3ccccc3)c3c5ccccc5sc43)n2)cc1. The van der Waals surface area contributed by atoms with Gasteiger partial charge in [0.05, 0.1) is 22.6 Å². The number of thiophene rings is 1. The summed E-state index contributed by atoms with van der Waals surface area (Å²) in [6, 6.07) is 48.2. The standard InChI is InChI=1S/C37H23N3S/c1-4-12-24(13-5-1)30-23-31(25-14-6-2-7-15-25)40-37(39-30)27-20-21-28-32(22-27)38-35(26-16-8-3-9-17-26)34-29-18-10-11-19-33(29)41-36(28)34/h1-23H. The van der Waals surface area contributed by atoms with Crippen LogP contribution in [0.4, 0.5) is 0 Å². The molecule has 0 saturated heterocycles. The van der Waals surface area contributed by atoms with Crippen molar-refractivity contribution in [2.45, 2.75) is 0 Å². The van der Waals surface area contributed by atoms with Crippen LogP contribution in [0.25, 0.3) is 76.2 Å². The van der Waals surface area contributed by atoms with Crippen molar-refractivity contribution in [2.24, 2.45) is 0 Å². The van der Waals surface area contributed by atoms with Crippen LogP contribution in [-0.2, 0) is 0 Å². The van der Waals surface area contributed by atoms with Crippen LogP contribution in [0.15, 0.2) is 140 Å². The number of benzene rings is 5. The summed E-state index contributed by atoms with van der Waals surface area (Å²) >= 11 is 1.83. The molecule has 0 fully saturated rings. The van der Waals surface area contributed by atoms with Gasteiger partial charge in [-0.2, -0.15) is 0 Å². The molecule has 192 valence electrons. The molecule has 0 saturated carbocycles. The molecule has 3 heterocycles. The average Bonchev–Trinajstić information content (AvgIpc) is 3.45. The zero-order chi connectivity index (χ0) is 27.2. The van der Waals surface area contributed by atoms with Gasteiger partial charge in [0.25, 0.3) is 0 Å². The summed E-state index contributed by atoms with van der Waals surface area (Å²) in [4.78, 5) is 15.4. The van der Waals surface area contributed by atoms with Crippen LogP contribution < -0.4 is 0 Å². The minimum Gasteiger partial charge on any atom is -0.247 e. The van der Waals surface area contributed by atoms with Gasteiger partial charge in [0.2, 0.25) is 0 Å². The number of aromatic nitrogens is 3. The summed E-state index contributed by atoms with van der Waals surface area (Å²) in [6.45, 7) is 0. The minimum absolute atomic E-state index is 0.687. The molecule has 3 aromatic heterocycles. The second-order valence-corrected chi connectivity index (χ2v) is 11.1. The molecule has 0 unspecified atom stereocenters. The Morgan fingerprint density at radius 1 is 0.439 bits per heavy atom. The van der Waals surface area contributed by atoms with Crippen LogP contribution in [-0.4, -0.2) is 15.0 Å². The number of hydrogen-bond acceptors (Lipinski definition) is 4. The highest BCUT2D eigenvalue weighted by Gasteiger charge is 2.17. The Morgan fingerprint density at radius 3 is 1.68 bits per heavy atom. The van der Waals surface area contributed by atoms with E-state index in [2.05, 4.69) is 97.1 Å². The Kier molecular flexibility index (Phi) is 5.64. The maximum Gasteiger partial charge on any atom is 0.160 e. The van der Waals surface area contributed by atoms with E-state index in [0.717, 1.165) is 50.2 Å². The second kappa shape index (κ2) is 9.77. The van der Waals surface area contributed by atoms with Crippen molar-refractivity contribution >= 4 is 42.4 Å². The quantitative estimate of drug-likeness (QED) is 0.222. The van der Waals surface area contributed by atoms with Gasteiger partial charge in [-0.3, -0.25) is 0 Å². The van der Waals surface area contributed by atoms with Gasteiger partial charge < -0.3 is 0 Å². The van der Waals surface area contributed by atoms with E-state index in [0.29, 0.717) is 5.82 Å². The number of hydrogen-bond donors (Lipinski definition) is 0. The zero-order valence-electron chi connectivity index (χ0n) is 22.0. The van der Waals surface area contributed by atoms with Crippen molar-refractivity contribution in [1.82, 2.24) is 15.0 Å². The normalized spacial score (nSPS) is 11.4. The molecule has 0 amide bonds. The highest BCUT2D eigenvalue weighted by Crippen LogP contribution is 2.43. The van der Waals surface area contributed by atoms with Crippen molar-refractivity contribution < 1.29 is 0 Å². The Hall–Kier alpha value is -5.19. The maximum absolute atomic E-state index is 5.29. The summed E-state index contributed by atoms with van der Waals surface area (Å²) in [5, 5.41) is 3.61. The van der Waals surface area contributed by atoms with Crippen molar-refractivity contribution in [1.29, 1.82) is 0 Å². The number of rotatable bonds is 4. The Labute approximate surface area is 241 Å². The molecule has 41 heavy (non-hydrogen) atoms. The van der Waals surface area contributed by atoms with E-state index >= 15 is 0 Å². The van der Waals surface area contributed by atoms with E-state index in [9.17, 15) is 0 Å². The second-order valence-electron chi connectivity index (χ2n) is 10.1. The van der Waals surface area contributed by atoms with E-state index < -0.39 is 0 Å². The highest BCUT2D eigenvalue weighted by molar-refractivity contribution is 7.26. The Balaban J connectivity index is 1.38. The molecule has 5 aromatic carbocycles. The lowest BCUT2D eigenvalue weighted by Gasteiger charge is -2.11. The third kappa shape index (κ3) is 4.17. The first-order chi connectivity index (χ1) is 20.3.